The molecule has 0 spiro atoms. The molecule has 0 radical (unpaired) electrons. The predicted octanol–water partition coefficient (Wildman–Crippen LogP) is 2.27. The molecule has 26 heavy (non-hydrogen) atoms. The largest absolute Gasteiger partial charge is 0.350 e. The summed E-state index contributed by atoms with van der Waals surface area (Å²) in [5, 5.41) is 9.69. The van der Waals surface area contributed by atoms with Crippen LogP contribution in [0.2, 0.25) is 0 Å². The maximum atomic E-state index is 13.1. The number of hydrogen-bond donors (Lipinski definition) is 0. The van der Waals surface area contributed by atoms with Gasteiger partial charge in [-0.05, 0) is 32.4 Å². The van der Waals surface area contributed by atoms with Crippen LogP contribution in [-0.2, 0) is 16.0 Å². The van der Waals surface area contributed by atoms with E-state index in [2.05, 4.69) is 16.3 Å². The summed E-state index contributed by atoms with van der Waals surface area (Å²) in [6.07, 6.45) is 2.05. The van der Waals surface area contributed by atoms with E-state index in [-0.39, 0.29) is 11.8 Å². The van der Waals surface area contributed by atoms with Crippen LogP contribution in [0.3, 0.4) is 0 Å². The Morgan fingerprint density at radius 2 is 1.96 bits per heavy atom. The van der Waals surface area contributed by atoms with Gasteiger partial charge in [-0.2, -0.15) is 10.2 Å². The summed E-state index contributed by atoms with van der Waals surface area (Å²) >= 11 is 0. The minimum atomic E-state index is -0.260. The van der Waals surface area contributed by atoms with Crippen LogP contribution in [0.5, 0.6) is 0 Å². The molecule has 0 N–H and O–H groups in total. The molecule has 0 unspecified atom stereocenters. The number of aryl methyl sites for hydroxylation is 4. The molecule has 4 rings (SSSR count). The number of rotatable bonds is 4. The van der Waals surface area contributed by atoms with Crippen LogP contribution >= 0.6 is 0 Å². The Bertz CT molecular complexity index is 1020. The first-order valence-electron chi connectivity index (χ1n) is 8.81. The Kier molecular flexibility index (Phi) is 4.34. The van der Waals surface area contributed by atoms with Gasteiger partial charge in [-0.3, -0.25) is 4.79 Å². The van der Waals surface area contributed by atoms with Crippen molar-refractivity contribution in [2.75, 3.05) is 13.2 Å². The Labute approximate surface area is 151 Å². The molecule has 136 valence electrons. The van der Waals surface area contributed by atoms with E-state index < -0.39 is 0 Å². The summed E-state index contributed by atoms with van der Waals surface area (Å²) in [4.78, 5) is 13.1. The van der Waals surface area contributed by atoms with Gasteiger partial charge in [-0.25, -0.2) is 9.36 Å². The molecule has 1 saturated heterocycles. The Morgan fingerprint density at radius 1 is 1.19 bits per heavy atom. The quantitative estimate of drug-likeness (QED) is 0.719. The molecule has 0 amide bonds. The third-order valence-electron chi connectivity index (χ3n) is 4.71. The molecule has 2 aromatic heterocycles. The lowest BCUT2D eigenvalue weighted by Crippen LogP contribution is -2.27. The lowest BCUT2D eigenvalue weighted by atomic mass is 10.1. The maximum absolute atomic E-state index is 13.1. The Balaban J connectivity index is 1.79. The average Bonchev–Trinajstić information content (AvgIpc) is 3.27. The van der Waals surface area contributed by atoms with Crippen LogP contribution in [0.15, 0.2) is 29.2 Å². The maximum Gasteiger partial charge on any atom is 0.293 e. The van der Waals surface area contributed by atoms with E-state index in [0.29, 0.717) is 31.7 Å². The Hall–Kier alpha value is -2.51. The molecule has 7 heteroatoms. The van der Waals surface area contributed by atoms with E-state index in [1.54, 1.807) is 10.9 Å². The van der Waals surface area contributed by atoms with Gasteiger partial charge in [-0.1, -0.05) is 17.7 Å². The first kappa shape index (κ1) is 16.9. The molecular weight excluding hydrogens is 332 g/mol. The van der Waals surface area contributed by atoms with E-state index in [9.17, 15) is 4.79 Å². The van der Waals surface area contributed by atoms with Crippen molar-refractivity contribution in [2.45, 2.75) is 40.0 Å². The zero-order valence-corrected chi connectivity index (χ0v) is 15.2. The number of nitrogens with zero attached hydrogens (tertiary/aromatic N) is 4. The van der Waals surface area contributed by atoms with E-state index >= 15 is 0 Å². The molecule has 0 saturated carbocycles. The highest BCUT2D eigenvalue weighted by Crippen LogP contribution is 2.21. The lowest BCUT2D eigenvalue weighted by Gasteiger charge is -2.12. The summed E-state index contributed by atoms with van der Waals surface area (Å²) < 4.78 is 14.1. The predicted molar refractivity (Wildman–Crippen MR) is 97.6 cm³/mol. The fourth-order valence-corrected chi connectivity index (χ4v) is 3.40. The van der Waals surface area contributed by atoms with Gasteiger partial charge in [0.05, 0.1) is 30.8 Å². The molecule has 1 fully saturated rings. The van der Waals surface area contributed by atoms with Crippen LogP contribution in [0, 0.1) is 20.8 Å². The van der Waals surface area contributed by atoms with Crippen LogP contribution < -0.4 is 5.56 Å². The smallest absolute Gasteiger partial charge is 0.293 e. The van der Waals surface area contributed by atoms with E-state index in [1.165, 1.54) is 10.2 Å². The normalized spacial score (nSPS) is 15.2. The molecule has 1 aliphatic rings. The van der Waals surface area contributed by atoms with Gasteiger partial charge in [0.15, 0.2) is 6.29 Å². The molecular formula is C19H22N4O3. The second-order valence-corrected chi connectivity index (χ2v) is 6.68. The molecule has 3 heterocycles. The molecule has 0 bridgehead atoms. The second kappa shape index (κ2) is 6.66. The number of hydrogen-bond acceptors (Lipinski definition) is 5. The standard InChI is InChI=1S/C19H22N4O3/c1-12-4-5-16(13(2)10-12)23-18-15(11-20-23)14(3)21-22(19(18)24)7-6-17-25-8-9-26-17/h4-5,10-11,17H,6-9H2,1-3H3. The number of aromatic nitrogens is 4. The van der Waals surface area contributed by atoms with E-state index in [1.807, 2.05) is 32.9 Å². The van der Waals surface area contributed by atoms with Crippen molar-refractivity contribution in [3.05, 3.63) is 51.6 Å². The van der Waals surface area contributed by atoms with Crippen molar-refractivity contribution in [3.8, 4) is 5.69 Å². The summed E-state index contributed by atoms with van der Waals surface area (Å²) in [5.74, 6) is 0. The van der Waals surface area contributed by atoms with Gasteiger partial charge in [0.25, 0.3) is 5.56 Å². The fraction of sp³-hybridized carbons (Fsp3) is 0.421. The minimum Gasteiger partial charge on any atom is -0.350 e. The number of benzene rings is 1. The van der Waals surface area contributed by atoms with Crippen LogP contribution in [0.1, 0.15) is 23.2 Å². The zero-order valence-electron chi connectivity index (χ0n) is 15.2. The summed E-state index contributed by atoms with van der Waals surface area (Å²) in [7, 11) is 0. The minimum absolute atomic E-state index is 0.152. The molecule has 3 aromatic rings. The van der Waals surface area contributed by atoms with Crippen molar-refractivity contribution in [2.24, 2.45) is 0 Å². The van der Waals surface area contributed by atoms with Gasteiger partial charge < -0.3 is 9.47 Å². The van der Waals surface area contributed by atoms with E-state index in [0.717, 1.165) is 22.3 Å². The summed E-state index contributed by atoms with van der Waals surface area (Å²) in [6.45, 7) is 7.62. The number of ether oxygens (including phenoxy) is 2. The molecule has 0 atom stereocenters. The van der Waals surface area contributed by atoms with Crippen LogP contribution in [0.25, 0.3) is 16.6 Å². The first-order valence-corrected chi connectivity index (χ1v) is 8.81. The van der Waals surface area contributed by atoms with Gasteiger partial charge in [0.2, 0.25) is 0 Å². The van der Waals surface area contributed by atoms with E-state index in [4.69, 9.17) is 9.47 Å². The molecule has 7 nitrogen and oxygen atoms in total. The van der Waals surface area contributed by atoms with Crippen LogP contribution in [-0.4, -0.2) is 39.1 Å². The van der Waals surface area contributed by atoms with Crippen molar-refractivity contribution in [1.82, 2.24) is 19.6 Å². The highest BCUT2D eigenvalue weighted by molar-refractivity contribution is 5.81. The van der Waals surface area contributed by atoms with Crippen molar-refractivity contribution in [3.63, 3.8) is 0 Å². The average molecular weight is 354 g/mol. The SMILES string of the molecule is Cc1ccc(-n2ncc3c(C)nn(CCC4OCCO4)c(=O)c32)c(C)c1. The van der Waals surface area contributed by atoms with Crippen molar-refractivity contribution >= 4 is 10.9 Å². The summed E-state index contributed by atoms with van der Waals surface area (Å²) in [5.41, 5.74) is 4.34. The lowest BCUT2D eigenvalue weighted by molar-refractivity contribution is -0.0497. The second-order valence-electron chi connectivity index (χ2n) is 6.68. The zero-order chi connectivity index (χ0) is 18.3. The number of fused-ring (bicyclic) bond motifs is 1. The van der Waals surface area contributed by atoms with Gasteiger partial charge in [-0.15, -0.1) is 0 Å². The summed E-state index contributed by atoms with van der Waals surface area (Å²) in [6, 6.07) is 6.11. The molecule has 1 aromatic carbocycles. The monoisotopic (exact) mass is 354 g/mol. The Morgan fingerprint density at radius 3 is 2.69 bits per heavy atom. The first-order chi connectivity index (χ1) is 12.5. The topological polar surface area (TPSA) is 71.2 Å². The molecule has 0 aliphatic carbocycles. The highest BCUT2D eigenvalue weighted by Gasteiger charge is 2.19. The fourth-order valence-electron chi connectivity index (χ4n) is 3.40. The third-order valence-corrected chi connectivity index (χ3v) is 4.71. The van der Waals surface area contributed by atoms with Crippen molar-refractivity contribution in [1.29, 1.82) is 0 Å². The third kappa shape index (κ3) is 2.93. The van der Waals surface area contributed by atoms with Crippen LogP contribution in [0.4, 0.5) is 0 Å². The van der Waals surface area contributed by atoms with Gasteiger partial charge in [0.1, 0.15) is 5.52 Å². The highest BCUT2D eigenvalue weighted by atomic mass is 16.7. The molecule has 1 aliphatic heterocycles. The van der Waals surface area contributed by atoms with Gasteiger partial charge in [0, 0.05) is 18.4 Å². The van der Waals surface area contributed by atoms with Gasteiger partial charge >= 0.3 is 0 Å². The van der Waals surface area contributed by atoms with Crippen molar-refractivity contribution < 1.29 is 9.47 Å².